The SMILES string of the molecule is COc1ccc(C)cc1S(=O)(=O)NCCOc1ccc(-c2ccc(C)cc2)nn1. The van der Waals surface area contributed by atoms with Gasteiger partial charge in [0.1, 0.15) is 17.3 Å². The average molecular weight is 413 g/mol. The topological polar surface area (TPSA) is 90.4 Å². The zero-order valence-corrected chi connectivity index (χ0v) is 17.4. The maximum absolute atomic E-state index is 12.5. The second-order valence-electron chi connectivity index (χ2n) is 6.52. The van der Waals surface area contributed by atoms with E-state index in [2.05, 4.69) is 14.9 Å². The lowest BCUT2D eigenvalue weighted by Crippen LogP contribution is -2.28. The molecular weight excluding hydrogens is 390 g/mol. The normalized spacial score (nSPS) is 11.3. The second kappa shape index (κ2) is 9.02. The Morgan fingerprint density at radius 2 is 1.66 bits per heavy atom. The van der Waals surface area contributed by atoms with Gasteiger partial charge in [0, 0.05) is 18.2 Å². The van der Waals surface area contributed by atoms with Crippen molar-refractivity contribution in [3.63, 3.8) is 0 Å². The number of rotatable bonds is 8. The molecule has 0 aliphatic rings. The third-order valence-corrected chi connectivity index (χ3v) is 5.72. The summed E-state index contributed by atoms with van der Waals surface area (Å²) in [4.78, 5) is 0.0993. The first-order valence-corrected chi connectivity index (χ1v) is 10.6. The number of methoxy groups -OCH3 is 1. The Morgan fingerprint density at radius 3 is 2.31 bits per heavy atom. The fourth-order valence-electron chi connectivity index (χ4n) is 2.68. The zero-order chi connectivity index (χ0) is 20.9. The molecule has 0 atom stereocenters. The molecule has 0 aliphatic heterocycles. The monoisotopic (exact) mass is 413 g/mol. The summed E-state index contributed by atoms with van der Waals surface area (Å²) in [5.74, 6) is 0.620. The maximum Gasteiger partial charge on any atom is 0.244 e. The first-order valence-electron chi connectivity index (χ1n) is 9.07. The number of nitrogens with one attached hydrogen (secondary N) is 1. The van der Waals surface area contributed by atoms with Crippen molar-refractivity contribution in [1.82, 2.24) is 14.9 Å². The lowest BCUT2D eigenvalue weighted by Gasteiger charge is -2.12. The van der Waals surface area contributed by atoms with E-state index in [1.54, 1.807) is 24.3 Å². The number of sulfonamides is 1. The second-order valence-corrected chi connectivity index (χ2v) is 8.26. The van der Waals surface area contributed by atoms with Gasteiger partial charge in [0.05, 0.1) is 12.8 Å². The molecule has 29 heavy (non-hydrogen) atoms. The van der Waals surface area contributed by atoms with Crippen LogP contribution in [-0.4, -0.2) is 38.9 Å². The van der Waals surface area contributed by atoms with Crippen molar-refractivity contribution in [2.24, 2.45) is 0 Å². The van der Waals surface area contributed by atoms with Gasteiger partial charge in [-0.1, -0.05) is 35.9 Å². The lowest BCUT2D eigenvalue weighted by molar-refractivity contribution is 0.307. The number of aryl methyl sites for hydroxylation is 2. The van der Waals surface area contributed by atoms with E-state index in [0.717, 1.165) is 16.8 Å². The third-order valence-electron chi connectivity index (χ3n) is 4.24. The van der Waals surface area contributed by atoms with Crippen molar-refractivity contribution < 1.29 is 17.9 Å². The Kier molecular flexibility index (Phi) is 6.46. The summed E-state index contributed by atoms with van der Waals surface area (Å²) < 4.78 is 38.2. The molecule has 0 radical (unpaired) electrons. The minimum Gasteiger partial charge on any atom is -0.495 e. The van der Waals surface area contributed by atoms with Crippen LogP contribution in [0.5, 0.6) is 11.6 Å². The van der Waals surface area contributed by atoms with Crippen LogP contribution in [0.25, 0.3) is 11.3 Å². The first-order chi connectivity index (χ1) is 13.9. The van der Waals surface area contributed by atoms with Gasteiger partial charge in [-0.2, -0.15) is 0 Å². The van der Waals surface area contributed by atoms with Gasteiger partial charge in [-0.3, -0.25) is 0 Å². The van der Waals surface area contributed by atoms with Crippen LogP contribution in [0.3, 0.4) is 0 Å². The standard InChI is InChI=1S/C21H23N3O4S/c1-15-4-7-17(8-5-15)18-9-11-21(24-23-18)28-13-12-22-29(25,26)20-14-16(2)6-10-19(20)27-3/h4-11,14,22H,12-13H2,1-3H3. The smallest absolute Gasteiger partial charge is 0.244 e. The quantitative estimate of drug-likeness (QED) is 0.571. The van der Waals surface area contributed by atoms with Crippen molar-refractivity contribution in [3.05, 3.63) is 65.7 Å². The van der Waals surface area contributed by atoms with Gasteiger partial charge in [0.2, 0.25) is 15.9 Å². The number of aromatic nitrogens is 2. The summed E-state index contributed by atoms with van der Waals surface area (Å²) in [6, 6.07) is 16.5. The predicted molar refractivity (Wildman–Crippen MR) is 111 cm³/mol. The molecule has 0 saturated carbocycles. The number of benzene rings is 2. The Hall–Kier alpha value is -2.97. The van der Waals surface area contributed by atoms with Crippen molar-refractivity contribution in [2.75, 3.05) is 20.3 Å². The molecule has 152 valence electrons. The summed E-state index contributed by atoms with van der Waals surface area (Å²) in [5, 5.41) is 8.20. The molecule has 1 heterocycles. The zero-order valence-electron chi connectivity index (χ0n) is 16.5. The minimum absolute atomic E-state index is 0.0841. The van der Waals surface area contributed by atoms with Crippen LogP contribution >= 0.6 is 0 Å². The highest BCUT2D eigenvalue weighted by atomic mass is 32.2. The lowest BCUT2D eigenvalue weighted by atomic mass is 10.1. The van der Waals surface area contributed by atoms with Gasteiger partial charge in [-0.05, 0) is 37.6 Å². The Balaban J connectivity index is 1.56. The van der Waals surface area contributed by atoms with E-state index in [4.69, 9.17) is 9.47 Å². The summed E-state index contributed by atoms with van der Waals surface area (Å²) in [6.07, 6.45) is 0. The number of ether oxygens (including phenoxy) is 2. The van der Waals surface area contributed by atoms with Crippen molar-refractivity contribution in [1.29, 1.82) is 0 Å². The van der Waals surface area contributed by atoms with Crippen LogP contribution < -0.4 is 14.2 Å². The van der Waals surface area contributed by atoms with Crippen molar-refractivity contribution in [2.45, 2.75) is 18.7 Å². The summed E-state index contributed by atoms with van der Waals surface area (Å²) in [7, 11) is -2.28. The van der Waals surface area contributed by atoms with Crippen LogP contribution in [0.15, 0.2) is 59.5 Å². The molecule has 0 spiro atoms. The molecule has 3 rings (SSSR count). The summed E-state index contributed by atoms with van der Waals surface area (Å²) in [6.45, 7) is 4.04. The highest BCUT2D eigenvalue weighted by molar-refractivity contribution is 7.89. The van der Waals surface area contributed by atoms with E-state index in [1.807, 2.05) is 44.2 Å². The maximum atomic E-state index is 12.5. The highest BCUT2D eigenvalue weighted by Crippen LogP contribution is 2.24. The molecule has 7 nitrogen and oxygen atoms in total. The molecule has 0 bridgehead atoms. The Morgan fingerprint density at radius 1 is 0.931 bits per heavy atom. The van der Waals surface area contributed by atoms with Crippen LogP contribution in [0.1, 0.15) is 11.1 Å². The fourth-order valence-corrected chi connectivity index (χ4v) is 3.94. The van der Waals surface area contributed by atoms with Gasteiger partial charge in [-0.25, -0.2) is 13.1 Å². The largest absolute Gasteiger partial charge is 0.495 e. The minimum atomic E-state index is -3.72. The molecule has 0 saturated heterocycles. The molecule has 1 aromatic heterocycles. The predicted octanol–water partition coefficient (Wildman–Crippen LogP) is 3.13. The van der Waals surface area contributed by atoms with Gasteiger partial charge < -0.3 is 9.47 Å². The van der Waals surface area contributed by atoms with E-state index in [0.29, 0.717) is 11.6 Å². The highest BCUT2D eigenvalue weighted by Gasteiger charge is 2.19. The van der Waals surface area contributed by atoms with Crippen molar-refractivity contribution >= 4 is 10.0 Å². The Bertz CT molecular complexity index is 1070. The van der Waals surface area contributed by atoms with Gasteiger partial charge >= 0.3 is 0 Å². The number of nitrogens with zero attached hydrogens (tertiary/aromatic N) is 2. The number of hydrogen-bond acceptors (Lipinski definition) is 6. The van der Waals surface area contributed by atoms with Gasteiger partial charge in [-0.15, -0.1) is 10.2 Å². The fraction of sp³-hybridized carbons (Fsp3) is 0.238. The molecule has 0 unspecified atom stereocenters. The van der Waals surface area contributed by atoms with Crippen LogP contribution in [0, 0.1) is 13.8 Å². The van der Waals surface area contributed by atoms with Gasteiger partial charge in [0.25, 0.3) is 0 Å². The first kappa shape index (κ1) is 20.8. The van der Waals surface area contributed by atoms with Crippen molar-refractivity contribution in [3.8, 4) is 22.9 Å². The molecule has 0 aliphatic carbocycles. The van der Waals surface area contributed by atoms with E-state index in [1.165, 1.54) is 12.7 Å². The number of hydrogen-bond donors (Lipinski definition) is 1. The molecule has 0 amide bonds. The summed E-state index contributed by atoms with van der Waals surface area (Å²) in [5.41, 5.74) is 3.71. The molecule has 2 aromatic carbocycles. The molecular formula is C21H23N3O4S. The van der Waals surface area contributed by atoms with E-state index in [9.17, 15) is 8.42 Å². The van der Waals surface area contributed by atoms with E-state index < -0.39 is 10.0 Å². The average Bonchev–Trinajstić information content (AvgIpc) is 2.72. The van der Waals surface area contributed by atoms with Crippen LogP contribution in [-0.2, 0) is 10.0 Å². The van der Waals surface area contributed by atoms with E-state index >= 15 is 0 Å². The van der Waals surface area contributed by atoms with Crippen LogP contribution in [0.4, 0.5) is 0 Å². The van der Waals surface area contributed by atoms with Gasteiger partial charge in [0.15, 0.2) is 0 Å². The molecule has 1 N–H and O–H groups in total. The molecule has 0 fully saturated rings. The van der Waals surface area contributed by atoms with Crippen LogP contribution in [0.2, 0.25) is 0 Å². The molecule has 8 heteroatoms. The third kappa shape index (κ3) is 5.30. The molecule has 3 aromatic rings. The van der Waals surface area contributed by atoms with E-state index in [-0.39, 0.29) is 18.0 Å². The summed E-state index contributed by atoms with van der Waals surface area (Å²) >= 11 is 0. The Labute approximate surface area is 170 Å².